The number of carbonyl (C=O) groups excluding carboxylic acids is 1. The molecule has 1 atom stereocenters. The van der Waals surface area contributed by atoms with Gasteiger partial charge in [-0.05, 0) is 59.7 Å². The first-order valence-electron chi connectivity index (χ1n) is 12.9. The summed E-state index contributed by atoms with van der Waals surface area (Å²) < 4.78 is 38.5. The van der Waals surface area contributed by atoms with Gasteiger partial charge in [-0.2, -0.15) is 13.2 Å². The number of carboxylic acids is 1. The summed E-state index contributed by atoms with van der Waals surface area (Å²) in [4.78, 5) is 32.2. The fourth-order valence-corrected chi connectivity index (χ4v) is 4.08. The Kier molecular flexibility index (Phi) is 9.28. The molecule has 2 heterocycles. The zero-order valence-corrected chi connectivity index (χ0v) is 22.4. The van der Waals surface area contributed by atoms with Crippen LogP contribution in [-0.2, 0) is 6.18 Å². The number of halogens is 3. The maximum atomic E-state index is 12.9. The molecule has 7 nitrogen and oxygen atoms in total. The summed E-state index contributed by atoms with van der Waals surface area (Å²) in [5.74, 6) is -1.53. The molecule has 0 bridgehead atoms. The van der Waals surface area contributed by atoms with Gasteiger partial charge in [-0.1, -0.05) is 61.9 Å². The fourth-order valence-electron chi connectivity index (χ4n) is 4.08. The molecular weight excluding hydrogens is 545 g/mol. The quantitative estimate of drug-likeness (QED) is 0.212. The molecular formula is C32H26F3N4O3-. The largest absolute Gasteiger partial charge is 0.670 e. The maximum Gasteiger partial charge on any atom is 0.416 e. The molecule has 214 valence electrons. The molecule has 0 aliphatic carbocycles. The second kappa shape index (κ2) is 13.0. The third-order valence-corrected chi connectivity index (χ3v) is 6.34. The highest BCUT2D eigenvalue weighted by atomic mass is 19.4. The van der Waals surface area contributed by atoms with Crippen molar-refractivity contribution in [1.82, 2.24) is 9.97 Å². The van der Waals surface area contributed by atoms with Crippen LogP contribution >= 0.6 is 0 Å². The van der Waals surface area contributed by atoms with E-state index in [1.807, 2.05) is 25.1 Å². The van der Waals surface area contributed by atoms with E-state index in [1.165, 1.54) is 24.4 Å². The summed E-state index contributed by atoms with van der Waals surface area (Å²) in [6.07, 6.45) is -0.648. The fraction of sp³-hybridized carbons (Fsp3) is 0.125. The van der Waals surface area contributed by atoms with Gasteiger partial charge in [-0.25, -0.2) is 4.79 Å². The smallest absolute Gasteiger partial charge is 0.416 e. The van der Waals surface area contributed by atoms with E-state index in [-0.39, 0.29) is 11.6 Å². The van der Waals surface area contributed by atoms with Gasteiger partial charge in [0.25, 0.3) is 5.91 Å². The van der Waals surface area contributed by atoms with E-state index in [9.17, 15) is 22.8 Å². The molecule has 3 aromatic carbocycles. The second-order valence-electron chi connectivity index (χ2n) is 9.23. The Hall–Kier alpha value is -5.09. The van der Waals surface area contributed by atoms with Crippen molar-refractivity contribution in [2.75, 3.05) is 5.32 Å². The molecule has 0 fully saturated rings. The highest BCUT2D eigenvalue weighted by Crippen LogP contribution is 2.32. The van der Waals surface area contributed by atoms with Gasteiger partial charge in [0.05, 0.1) is 16.6 Å². The first kappa shape index (κ1) is 29.9. The average Bonchev–Trinajstić information content (AvgIpc) is 3.00. The van der Waals surface area contributed by atoms with Crippen molar-refractivity contribution >= 4 is 28.5 Å². The first-order chi connectivity index (χ1) is 20.1. The summed E-state index contributed by atoms with van der Waals surface area (Å²) in [6.45, 7) is 1.99. The minimum Gasteiger partial charge on any atom is -0.670 e. The molecule has 1 amide bonds. The Morgan fingerprint density at radius 2 is 1.64 bits per heavy atom. The molecule has 5 aromatic rings. The molecule has 2 aromatic heterocycles. The molecule has 0 aliphatic heterocycles. The zero-order valence-electron chi connectivity index (χ0n) is 22.4. The molecule has 5 rings (SSSR count). The number of fused-ring (bicyclic) bond motifs is 1. The third-order valence-electron chi connectivity index (χ3n) is 6.34. The summed E-state index contributed by atoms with van der Waals surface area (Å²) >= 11 is 0. The number of carboxylic acid groups (broad SMARTS) is 1. The highest BCUT2D eigenvalue weighted by Gasteiger charge is 2.30. The topological polar surface area (TPSA) is 116 Å². The van der Waals surface area contributed by atoms with Crippen LogP contribution in [0.4, 0.5) is 18.9 Å². The number of carbonyl (C=O) groups is 2. The predicted octanol–water partition coefficient (Wildman–Crippen LogP) is 8.46. The highest BCUT2D eigenvalue weighted by molar-refractivity contribution is 6.09. The van der Waals surface area contributed by atoms with Crippen molar-refractivity contribution < 1.29 is 27.9 Å². The van der Waals surface area contributed by atoms with Crippen molar-refractivity contribution in [3.05, 3.63) is 132 Å². The van der Waals surface area contributed by atoms with E-state index >= 15 is 0 Å². The molecule has 10 heteroatoms. The molecule has 1 unspecified atom stereocenters. The lowest BCUT2D eigenvalue weighted by Gasteiger charge is -2.15. The predicted molar refractivity (Wildman–Crippen MR) is 155 cm³/mol. The lowest BCUT2D eigenvalue weighted by molar-refractivity contribution is -0.137. The third kappa shape index (κ3) is 7.35. The van der Waals surface area contributed by atoms with Crippen LogP contribution in [-0.4, -0.2) is 27.0 Å². The number of aromatic nitrogens is 2. The van der Waals surface area contributed by atoms with Crippen molar-refractivity contribution in [3.63, 3.8) is 0 Å². The molecule has 42 heavy (non-hydrogen) atoms. The number of nitrogens with one attached hydrogen (secondary N) is 2. The molecule has 3 N–H and O–H groups in total. The van der Waals surface area contributed by atoms with E-state index in [0.717, 1.165) is 24.2 Å². The maximum absolute atomic E-state index is 12.9. The van der Waals surface area contributed by atoms with E-state index in [1.54, 1.807) is 48.7 Å². The standard InChI is InChI=1S/C24H15F3N2O3.C8H11N2/c25-24(26,27)17-8-5-14(6-9-17)19-3-1-2-4-20(19)22(30)29-18-10-7-15-11-16(23(31)32)13-28-21(15)12-18;1-2-7(9)8-5-3-4-6-10-8/h1-13H,(H,29,30)(H,31,32);3-7,9H,2H2,1H3/q;-1. The number of amides is 1. The Balaban J connectivity index is 0.000000343. The first-order valence-corrected chi connectivity index (χ1v) is 12.9. The minimum atomic E-state index is -4.44. The van der Waals surface area contributed by atoms with Gasteiger partial charge in [-0.15, -0.1) is 0 Å². The SMILES string of the molecule is CCC([NH-])c1ccccn1.O=C(O)c1cnc2cc(NC(=O)c3ccccc3-c3ccc(C(F)(F)F)cc3)ccc2c1. The van der Waals surface area contributed by atoms with Crippen LogP contribution in [0.5, 0.6) is 0 Å². The summed E-state index contributed by atoms with van der Waals surface area (Å²) in [6, 6.07) is 23.1. The molecule has 0 saturated carbocycles. The number of hydrogen-bond donors (Lipinski definition) is 2. The van der Waals surface area contributed by atoms with Crippen molar-refractivity contribution in [3.8, 4) is 11.1 Å². The average molecular weight is 572 g/mol. The van der Waals surface area contributed by atoms with Crippen molar-refractivity contribution in [1.29, 1.82) is 0 Å². The molecule has 0 radical (unpaired) electrons. The van der Waals surface area contributed by atoms with Gasteiger partial charge in [0.2, 0.25) is 0 Å². The second-order valence-corrected chi connectivity index (χ2v) is 9.23. The van der Waals surface area contributed by atoms with Crippen LogP contribution < -0.4 is 5.32 Å². The van der Waals surface area contributed by atoms with Gasteiger partial charge in [-0.3, -0.25) is 14.8 Å². The number of anilines is 1. The van der Waals surface area contributed by atoms with Gasteiger partial charge in [0.15, 0.2) is 0 Å². The normalized spacial score (nSPS) is 11.7. The number of rotatable bonds is 6. The van der Waals surface area contributed by atoms with E-state index < -0.39 is 23.6 Å². The van der Waals surface area contributed by atoms with E-state index in [2.05, 4.69) is 15.3 Å². The Labute approximate surface area is 239 Å². The van der Waals surface area contributed by atoms with Gasteiger partial charge in [0.1, 0.15) is 0 Å². The number of hydrogen-bond acceptors (Lipinski definition) is 4. The summed E-state index contributed by atoms with van der Waals surface area (Å²) in [7, 11) is 0. The molecule has 0 aliphatic rings. The van der Waals surface area contributed by atoms with Crippen LogP contribution in [0.2, 0.25) is 0 Å². The lowest BCUT2D eigenvalue weighted by atomic mass is 9.98. The lowest BCUT2D eigenvalue weighted by Crippen LogP contribution is -2.13. The van der Waals surface area contributed by atoms with Crippen LogP contribution in [0.1, 0.15) is 51.4 Å². The number of benzene rings is 3. The monoisotopic (exact) mass is 571 g/mol. The van der Waals surface area contributed by atoms with Gasteiger partial charge in [0, 0.05) is 34.7 Å². The number of pyridine rings is 2. The zero-order chi connectivity index (χ0) is 30.3. The van der Waals surface area contributed by atoms with Crippen molar-refractivity contribution in [2.24, 2.45) is 0 Å². The van der Waals surface area contributed by atoms with Gasteiger partial charge >= 0.3 is 12.1 Å². The van der Waals surface area contributed by atoms with E-state index in [0.29, 0.717) is 33.3 Å². The van der Waals surface area contributed by atoms with Crippen LogP contribution in [0.15, 0.2) is 103 Å². The summed E-state index contributed by atoms with van der Waals surface area (Å²) in [5, 5.41) is 12.4. The van der Waals surface area contributed by atoms with Crippen LogP contribution in [0, 0.1) is 0 Å². The minimum absolute atomic E-state index is 0.0553. The Bertz CT molecular complexity index is 1690. The van der Waals surface area contributed by atoms with Crippen LogP contribution in [0.3, 0.4) is 0 Å². The summed E-state index contributed by atoms with van der Waals surface area (Å²) in [5.41, 5.74) is 9.86. The number of aromatic carboxylic acids is 1. The molecule has 0 saturated heterocycles. The van der Waals surface area contributed by atoms with Crippen molar-refractivity contribution in [2.45, 2.75) is 25.6 Å². The number of nitrogens with zero attached hydrogens (tertiary/aromatic N) is 2. The van der Waals surface area contributed by atoms with E-state index in [4.69, 9.17) is 10.8 Å². The Morgan fingerprint density at radius 3 is 2.29 bits per heavy atom. The Morgan fingerprint density at radius 1 is 0.929 bits per heavy atom. The molecule has 0 spiro atoms. The number of alkyl halides is 3. The van der Waals surface area contributed by atoms with Gasteiger partial charge < -0.3 is 16.2 Å². The van der Waals surface area contributed by atoms with Crippen LogP contribution in [0.25, 0.3) is 27.8 Å².